The van der Waals surface area contributed by atoms with Crippen molar-refractivity contribution >= 4 is 51.5 Å². The first-order valence-corrected chi connectivity index (χ1v) is 11.9. The Bertz CT molecular complexity index is 1010. The average molecular weight is 478 g/mol. The molecular weight excluding hydrogens is 450 g/mol. The van der Waals surface area contributed by atoms with Crippen molar-refractivity contribution in [3.8, 4) is 0 Å². The Morgan fingerprint density at radius 2 is 1.88 bits per heavy atom. The second-order valence-corrected chi connectivity index (χ2v) is 9.93. The van der Waals surface area contributed by atoms with Gasteiger partial charge in [0, 0.05) is 4.88 Å². The van der Waals surface area contributed by atoms with Gasteiger partial charge in [0.25, 0.3) is 5.91 Å². The minimum Gasteiger partial charge on any atom is -0.480 e. The van der Waals surface area contributed by atoms with Gasteiger partial charge in [-0.3, -0.25) is 10.1 Å². The Hall–Kier alpha value is -2.58. The number of thiophene rings is 1. The number of carboxylic acids is 1. The zero-order chi connectivity index (χ0) is 23.4. The maximum Gasteiger partial charge on any atom is 0.326 e. The van der Waals surface area contributed by atoms with Crippen LogP contribution in [0.2, 0.25) is 5.02 Å². The molecule has 2 aromatic rings. The molecule has 1 aliphatic rings. The Morgan fingerprint density at radius 1 is 1.16 bits per heavy atom. The number of hydrogen-bond acceptors (Lipinski definition) is 4. The number of fused-ring (bicyclic) bond motifs is 1. The number of carbonyl (C=O) groups excluding carboxylic acids is 2. The molecule has 0 saturated heterocycles. The van der Waals surface area contributed by atoms with Gasteiger partial charge in [0.05, 0.1) is 16.3 Å². The lowest BCUT2D eigenvalue weighted by molar-refractivity contribution is -0.139. The number of benzene rings is 1. The van der Waals surface area contributed by atoms with Crippen LogP contribution in [0.3, 0.4) is 0 Å². The second-order valence-electron chi connectivity index (χ2n) is 8.42. The van der Waals surface area contributed by atoms with Crippen LogP contribution in [0.1, 0.15) is 59.5 Å². The number of rotatable bonds is 7. The molecule has 3 amide bonds. The highest BCUT2D eigenvalue weighted by atomic mass is 35.5. The van der Waals surface area contributed by atoms with Crippen LogP contribution in [0.5, 0.6) is 0 Å². The molecule has 1 atom stereocenters. The number of nitrogens with one attached hydrogen (secondary N) is 3. The summed E-state index contributed by atoms with van der Waals surface area (Å²) in [4.78, 5) is 38.6. The topological polar surface area (TPSA) is 108 Å². The molecule has 0 saturated carbocycles. The first-order chi connectivity index (χ1) is 15.2. The third-order valence-corrected chi connectivity index (χ3v) is 6.92. The molecule has 0 unspecified atom stereocenters. The van der Waals surface area contributed by atoms with E-state index in [2.05, 4.69) is 16.0 Å². The lowest BCUT2D eigenvalue weighted by Gasteiger charge is -2.18. The predicted molar refractivity (Wildman–Crippen MR) is 128 cm³/mol. The number of hydrogen-bond donors (Lipinski definition) is 4. The standard InChI is InChI=1S/C23H28ClN3O4S/c1-12(2)11-16(22(29)30)25-20(28)18-14-8-4-5-10-17(14)32-21(18)27-23(31)26-19-13(3)7-6-9-15(19)24/h6-7,9,12,16H,4-5,8,10-11H2,1-3H3,(H,25,28)(H,29,30)(H2,26,27,31)/t16-/m0/s1. The summed E-state index contributed by atoms with van der Waals surface area (Å²) < 4.78 is 0. The van der Waals surface area contributed by atoms with Gasteiger partial charge in [-0.2, -0.15) is 0 Å². The summed E-state index contributed by atoms with van der Waals surface area (Å²) in [5.41, 5.74) is 2.58. The molecule has 0 fully saturated rings. The first kappa shape index (κ1) is 24.1. The maximum absolute atomic E-state index is 13.2. The van der Waals surface area contributed by atoms with Crippen molar-refractivity contribution in [1.29, 1.82) is 0 Å². The van der Waals surface area contributed by atoms with E-state index in [4.69, 9.17) is 11.6 Å². The van der Waals surface area contributed by atoms with Crippen LogP contribution in [0.15, 0.2) is 18.2 Å². The highest BCUT2D eigenvalue weighted by molar-refractivity contribution is 7.17. The van der Waals surface area contributed by atoms with Gasteiger partial charge in [-0.15, -0.1) is 11.3 Å². The molecular formula is C23H28ClN3O4S. The molecule has 0 radical (unpaired) electrons. The number of carbonyl (C=O) groups is 3. The Morgan fingerprint density at radius 3 is 2.53 bits per heavy atom. The summed E-state index contributed by atoms with van der Waals surface area (Å²) >= 11 is 7.58. The summed E-state index contributed by atoms with van der Waals surface area (Å²) in [6.45, 7) is 5.65. The number of amides is 3. The van der Waals surface area contributed by atoms with Crippen molar-refractivity contribution in [2.45, 2.75) is 58.9 Å². The lowest BCUT2D eigenvalue weighted by atomic mass is 9.95. The molecule has 3 rings (SSSR count). The van der Waals surface area contributed by atoms with Gasteiger partial charge in [0.15, 0.2) is 0 Å². The quantitative estimate of drug-likeness (QED) is 0.424. The lowest BCUT2D eigenvalue weighted by Crippen LogP contribution is -2.42. The molecule has 1 aromatic heterocycles. The van der Waals surface area contributed by atoms with Gasteiger partial charge in [0.1, 0.15) is 11.0 Å². The molecule has 1 heterocycles. The fraction of sp³-hybridized carbons (Fsp3) is 0.435. The normalized spacial score (nSPS) is 13.9. The van der Waals surface area contributed by atoms with Gasteiger partial charge >= 0.3 is 12.0 Å². The van der Waals surface area contributed by atoms with E-state index in [9.17, 15) is 19.5 Å². The van der Waals surface area contributed by atoms with Gasteiger partial charge in [0.2, 0.25) is 0 Å². The summed E-state index contributed by atoms with van der Waals surface area (Å²) in [5, 5.41) is 18.6. The van der Waals surface area contributed by atoms with E-state index < -0.39 is 23.9 Å². The number of urea groups is 1. The molecule has 32 heavy (non-hydrogen) atoms. The SMILES string of the molecule is Cc1cccc(Cl)c1NC(=O)Nc1sc2c(c1C(=O)N[C@@H](CC(C)C)C(=O)O)CCCC2. The smallest absolute Gasteiger partial charge is 0.326 e. The average Bonchev–Trinajstić information content (AvgIpc) is 3.07. The van der Waals surface area contributed by atoms with Gasteiger partial charge in [-0.1, -0.05) is 37.6 Å². The zero-order valence-electron chi connectivity index (χ0n) is 18.4. The van der Waals surface area contributed by atoms with E-state index in [1.807, 2.05) is 26.8 Å². The third kappa shape index (κ3) is 5.61. The van der Waals surface area contributed by atoms with Crippen molar-refractivity contribution in [3.05, 3.63) is 44.8 Å². The van der Waals surface area contributed by atoms with Gasteiger partial charge in [-0.25, -0.2) is 9.59 Å². The van der Waals surface area contributed by atoms with Crippen LogP contribution >= 0.6 is 22.9 Å². The van der Waals surface area contributed by atoms with Gasteiger partial charge < -0.3 is 15.7 Å². The highest BCUT2D eigenvalue weighted by Gasteiger charge is 2.29. The monoisotopic (exact) mass is 477 g/mol. The van der Waals surface area contributed by atoms with Crippen molar-refractivity contribution in [3.63, 3.8) is 0 Å². The fourth-order valence-electron chi connectivity index (χ4n) is 3.86. The van der Waals surface area contributed by atoms with E-state index >= 15 is 0 Å². The molecule has 4 N–H and O–H groups in total. The first-order valence-electron chi connectivity index (χ1n) is 10.7. The van der Waals surface area contributed by atoms with Crippen LogP contribution in [0, 0.1) is 12.8 Å². The molecule has 7 nitrogen and oxygen atoms in total. The minimum absolute atomic E-state index is 0.107. The van der Waals surface area contributed by atoms with Crippen molar-refractivity contribution in [2.24, 2.45) is 5.92 Å². The number of halogens is 1. The number of anilines is 2. The number of para-hydroxylation sites is 1. The number of aliphatic carboxylic acids is 1. The molecule has 1 aromatic carbocycles. The van der Waals surface area contributed by atoms with Gasteiger partial charge in [-0.05, 0) is 62.1 Å². The summed E-state index contributed by atoms with van der Waals surface area (Å²) in [7, 11) is 0. The van der Waals surface area contributed by atoms with Crippen LogP contribution in [-0.2, 0) is 17.6 Å². The van der Waals surface area contributed by atoms with Crippen LogP contribution < -0.4 is 16.0 Å². The summed E-state index contributed by atoms with van der Waals surface area (Å²) in [6.07, 6.45) is 3.85. The fourth-order valence-corrected chi connectivity index (χ4v) is 5.41. The van der Waals surface area contributed by atoms with Crippen molar-refractivity contribution < 1.29 is 19.5 Å². The van der Waals surface area contributed by atoms with E-state index in [1.54, 1.807) is 12.1 Å². The molecule has 9 heteroatoms. The molecule has 1 aliphatic carbocycles. The third-order valence-electron chi connectivity index (χ3n) is 5.40. The van der Waals surface area contributed by atoms with Crippen LogP contribution in [0.25, 0.3) is 0 Å². The van der Waals surface area contributed by atoms with Crippen LogP contribution in [0.4, 0.5) is 15.5 Å². The van der Waals surface area contributed by atoms with Crippen LogP contribution in [-0.4, -0.2) is 29.1 Å². The second kappa shape index (κ2) is 10.4. The van der Waals surface area contributed by atoms with E-state index in [0.717, 1.165) is 41.7 Å². The molecule has 172 valence electrons. The highest BCUT2D eigenvalue weighted by Crippen LogP contribution is 2.38. The Balaban J connectivity index is 1.86. The largest absolute Gasteiger partial charge is 0.480 e. The summed E-state index contributed by atoms with van der Waals surface area (Å²) in [6, 6.07) is 3.82. The molecule has 0 bridgehead atoms. The number of carboxylic acid groups (broad SMARTS) is 1. The van der Waals surface area contributed by atoms with E-state index in [1.165, 1.54) is 11.3 Å². The van der Waals surface area contributed by atoms with Crippen molar-refractivity contribution in [1.82, 2.24) is 5.32 Å². The Labute approximate surface area is 196 Å². The van der Waals surface area contributed by atoms with E-state index in [-0.39, 0.29) is 5.92 Å². The zero-order valence-corrected chi connectivity index (χ0v) is 20.0. The number of aryl methyl sites for hydroxylation is 2. The Kier molecular flexibility index (Phi) is 7.79. The predicted octanol–water partition coefficient (Wildman–Crippen LogP) is 5.46. The van der Waals surface area contributed by atoms with E-state index in [0.29, 0.717) is 27.7 Å². The minimum atomic E-state index is -1.07. The molecule has 0 aliphatic heterocycles. The van der Waals surface area contributed by atoms with Crippen molar-refractivity contribution in [2.75, 3.05) is 10.6 Å². The maximum atomic E-state index is 13.2. The molecule has 0 spiro atoms. The summed E-state index contributed by atoms with van der Waals surface area (Å²) in [5.74, 6) is -1.44.